The van der Waals surface area contributed by atoms with Crippen LogP contribution >= 0.6 is 11.6 Å². The number of carbonyl (C=O) groups excluding carboxylic acids is 2. The van der Waals surface area contributed by atoms with E-state index in [0.29, 0.717) is 16.5 Å². The first-order chi connectivity index (χ1) is 10.0. The normalized spacial score (nSPS) is 11.3. The monoisotopic (exact) mass is 304 g/mol. The highest BCUT2D eigenvalue weighted by molar-refractivity contribution is 6.30. The minimum atomic E-state index is -0.688. The predicted octanol–water partition coefficient (Wildman–Crippen LogP) is 3.75. The Morgan fingerprint density at radius 3 is 2.38 bits per heavy atom. The summed E-state index contributed by atoms with van der Waals surface area (Å²) in [5.41, 5.74) is 0.788. The zero-order valence-corrected chi connectivity index (χ0v) is 12.3. The van der Waals surface area contributed by atoms with Gasteiger partial charge in [0.1, 0.15) is 17.1 Å². The molecule has 0 atom stereocenters. The Balaban J connectivity index is 2.32. The second kappa shape index (κ2) is 6.41. The van der Waals surface area contributed by atoms with E-state index in [4.69, 9.17) is 16.0 Å². The van der Waals surface area contributed by atoms with Gasteiger partial charge in [0.2, 0.25) is 0 Å². The smallest absolute Gasteiger partial charge is 0.341 e. The molecule has 0 saturated carbocycles. The first-order valence-corrected chi connectivity index (χ1v) is 6.56. The first kappa shape index (κ1) is 15.1. The van der Waals surface area contributed by atoms with E-state index < -0.39 is 5.97 Å². The maximum Gasteiger partial charge on any atom is 0.341 e. The molecule has 21 heavy (non-hydrogen) atoms. The second-order valence-corrected chi connectivity index (χ2v) is 4.75. The molecule has 0 aliphatic carbocycles. The van der Waals surface area contributed by atoms with Crippen LogP contribution in [0.3, 0.4) is 0 Å². The Labute approximate surface area is 127 Å². The fourth-order valence-electron chi connectivity index (χ4n) is 1.76. The van der Waals surface area contributed by atoms with Crippen LogP contribution in [-0.4, -0.2) is 18.9 Å². The van der Waals surface area contributed by atoms with Gasteiger partial charge in [0, 0.05) is 10.6 Å². The lowest BCUT2D eigenvalue weighted by Gasteiger charge is -2.00. The SMILES string of the molecule is COC(=O)/C(=C\c1ccc(-c2ccc(Cl)cc2)o1)C(C)=O. The van der Waals surface area contributed by atoms with Gasteiger partial charge in [-0.05, 0) is 49.4 Å². The zero-order valence-electron chi connectivity index (χ0n) is 11.6. The van der Waals surface area contributed by atoms with Crippen LogP contribution in [0, 0.1) is 0 Å². The summed E-state index contributed by atoms with van der Waals surface area (Å²) in [5.74, 6) is -0.0560. The van der Waals surface area contributed by atoms with Gasteiger partial charge < -0.3 is 9.15 Å². The van der Waals surface area contributed by atoms with Gasteiger partial charge in [-0.1, -0.05) is 11.6 Å². The first-order valence-electron chi connectivity index (χ1n) is 6.18. The lowest BCUT2D eigenvalue weighted by Crippen LogP contribution is -2.11. The maximum atomic E-state index is 11.5. The minimum absolute atomic E-state index is 0.0606. The van der Waals surface area contributed by atoms with E-state index in [1.165, 1.54) is 20.1 Å². The van der Waals surface area contributed by atoms with Crippen molar-refractivity contribution >= 4 is 29.4 Å². The van der Waals surface area contributed by atoms with E-state index in [1.54, 1.807) is 24.3 Å². The van der Waals surface area contributed by atoms with Gasteiger partial charge in [-0.15, -0.1) is 0 Å². The lowest BCUT2D eigenvalue weighted by molar-refractivity contribution is -0.137. The average Bonchev–Trinajstić information content (AvgIpc) is 2.93. The van der Waals surface area contributed by atoms with Gasteiger partial charge in [-0.25, -0.2) is 4.79 Å². The summed E-state index contributed by atoms with van der Waals surface area (Å²) in [7, 11) is 1.22. The Morgan fingerprint density at radius 2 is 1.81 bits per heavy atom. The average molecular weight is 305 g/mol. The Hall–Kier alpha value is -2.33. The molecular formula is C16H13ClO4. The van der Waals surface area contributed by atoms with Gasteiger partial charge in [0.05, 0.1) is 7.11 Å². The molecule has 1 aromatic carbocycles. The molecule has 0 fully saturated rings. The third-order valence-electron chi connectivity index (χ3n) is 2.83. The van der Waals surface area contributed by atoms with Crippen molar-refractivity contribution in [1.29, 1.82) is 0 Å². The van der Waals surface area contributed by atoms with E-state index in [-0.39, 0.29) is 11.4 Å². The Morgan fingerprint density at radius 1 is 1.14 bits per heavy atom. The van der Waals surface area contributed by atoms with Gasteiger partial charge in [0.25, 0.3) is 0 Å². The number of halogens is 1. The van der Waals surface area contributed by atoms with Crippen molar-refractivity contribution in [3.63, 3.8) is 0 Å². The van der Waals surface area contributed by atoms with Crippen molar-refractivity contribution in [2.45, 2.75) is 6.92 Å². The van der Waals surface area contributed by atoms with E-state index in [1.807, 2.05) is 12.1 Å². The summed E-state index contributed by atoms with van der Waals surface area (Å²) >= 11 is 5.83. The number of Topliss-reactive ketones (excluding diaryl/α,β-unsaturated/α-hetero) is 1. The molecule has 0 unspecified atom stereocenters. The van der Waals surface area contributed by atoms with Crippen molar-refractivity contribution in [3.8, 4) is 11.3 Å². The maximum absolute atomic E-state index is 11.5. The van der Waals surface area contributed by atoms with Gasteiger partial charge in [-0.3, -0.25) is 4.79 Å². The molecule has 108 valence electrons. The van der Waals surface area contributed by atoms with E-state index in [2.05, 4.69) is 4.74 Å². The molecule has 5 heteroatoms. The molecule has 0 radical (unpaired) electrons. The number of rotatable bonds is 4. The van der Waals surface area contributed by atoms with Crippen LogP contribution in [0.2, 0.25) is 5.02 Å². The summed E-state index contributed by atoms with van der Waals surface area (Å²) in [6.45, 7) is 1.30. The number of ether oxygens (including phenoxy) is 1. The number of hydrogen-bond acceptors (Lipinski definition) is 4. The number of hydrogen-bond donors (Lipinski definition) is 0. The molecule has 0 saturated heterocycles. The van der Waals surface area contributed by atoms with Gasteiger partial charge in [0.15, 0.2) is 5.78 Å². The van der Waals surface area contributed by atoms with Crippen molar-refractivity contribution in [2.24, 2.45) is 0 Å². The highest BCUT2D eigenvalue weighted by atomic mass is 35.5. The molecule has 0 bridgehead atoms. The topological polar surface area (TPSA) is 56.5 Å². The van der Waals surface area contributed by atoms with Crippen molar-refractivity contribution < 1.29 is 18.7 Å². The summed E-state index contributed by atoms with van der Waals surface area (Å²) < 4.78 is 10.2. The predicted molar refractivity (Wildman–Crippen MR) is 79.8 cm³/mol. The fraction of sp³-hybridized carbons (Fsp3) is 0.125. The number of esters is 1. The largest absolute Gasteiger partial charge is 0.465 e. The van der Waals surface area contributed by atoms with Crippen molar-refractivity contribution in [1.82, 2.24) is 0 Å². The molecule has 1 aromatic heterocycles. The van der Waals surface area contributed by atoms with E-state index in [0.717, 1.165) is 5.56 Å². The number of benzene rings is 1. The molecule has 0 amide bonds. The fourth-order valence-corrected chi connectivity index (χ4v) is 1.88. The Kier molecular flexibility index (Phi) is 4.60. The van der Waals surface area contributed by atoms with Crippen LogP contribution in [0.1, 0.15) is 12.7 Å². The van der Waals surface area contributed by atoms with E-state index in [9.17, 15) is 9.59 Å². The standard InChI is InChI=1S/C16H13ClO4/c1-10(18)14(16(19)20-2)9-13-7-8-15(21-13)11-3-5-12(17)6-4-11/h3-9H,1-2H3/b14-9-. The third kappa shape index (κ3) is 3.61. The molecule has 0 N–H and O–H groups in total. The molecule has 1 heterocycles. The van der Waals surface area contributed by atoms with Gasteiger partial charge >= 0.3 is 5.97 Å². The lowest BCUT2D eigenvalue weighted by atomic mass is 10.1. The number of carbonyl (C=O) groups is 2. The number of methoxy groups -OCH3 is 1. The zero-order chi connectivity index (χ0) is 15.4. The summed E-state index contributed by atoms with van der Waals surface area (Å²) in [4.78, 5) is 22.9. The molecular weight excluding hydrogens is 292 g/mol. The molecule has 0 aliphatic heterocycles. The van der Waals surface area contributed by atoms with Gasteiger partial charge in [-0.2, -0.15) is 0 Å². The number of ketones is 1. The molecule has 2 aromatic rings. The minimum Gasteiger partial charge on any atom is -0.465 e. The van der Waals surface area contributed by atoms with Crippen molar-refractivity contribution in [2.75, 3.05) is 7.11 Å². The molecule has 4 nitrogen and oxygen atoms in total. The highest BCUT2D eigenvalue weighted by Crippen LogP contribution is 2.25. The quantitative estimate of drug-likeness (QED) is 0.374. The third-order valence-corrected chi connectivity index (χ3v) is 3.08. The number of furan rings is 1. The van der Waals surface area contributed by atoms with Crippen LogP contribution < -0.4 is 0 Å². The summed E-state index contributed by atoms with van der Waals surface area (Å²) in [6.07, 6.45) is 1.37. The van der Waals surface area contributed by atoms with Crippen LogP contribution in [0.25, 0.3) is 17.4 Å². The van der Waals surface area contributed by atoms with Crippen LogP contribution in [0.4, 0.5) is 0 Å². The Bertz CT molecular complexity index is 695. The molecule has 0 spiro atoms. The van der Waals surface area contributed by atoms with Crippen LogP contribution in [0.5, 0.6) is 0 Å². The summed E-state index contributed by atoms with van der Waals surface area (Å²) in [5, 5.41) is 0.634. The van der Waals surface area contributed by atoms with E-state index >= 15 is 0 Å². The highest BCUT2D eigenvalue weighted by Gasteiger charge is 2.16. The van der Waals surface area contributed by atoms with Crippen molar-refractivity contribution in [3.05, 3.63) is 52.8 Å². The van der Waals surface area contributed by atoms with Crippen LogP contribution in [-0.2, 0) is 14.3 Å². The molecule has 0 aliphatic rings. The second-order valence-electron chi connectivity index (χ2n) is 4.31. The molecule has 2 rings (SSSR count). The van der Waals surface area contributed by atoms with Crippen LogP contribution in [0.15, 0.2) is 46.4 Å². The summed E-state index contributed by atoms with van der Waals surface area (Å²) in [6, 6.07) is 10.6.